The molecule has 0 bridgehead atoms. The van der Waals surface area contributed by atoms with Crippen molar-refractivity contribution in [3.63, 3.8) is 0 Å². The molecule has 0 heterocycles. The highest BCUT2D eigenvalue weighted by Crippen LogP contribution is 2.20. The van der Waals surface area contributed by atoms with Crippen LogP contribution in [0.25, 0.3) is 0 Å². The number of carbonyl (C=O) groups is 1. The van der Waals surface area contributed by atoms with E-state index in [0.717, 1.165) is 5.56 Å². The molecule has 110 valence electrons. The Balaban J connectivity index is 2.10. The molecular weight excluding hydrogens is 284 g/mol. The van der Waals surface area contributed by atoms with E-state index < -0.39 is 4.92 Å². The fourth-order valence-corrected chi connectivity index (χ4v) is 1.89. The number of Topliss-reactive ketones (excluding diaryl/α,β-unsaturated/α-hetero) is 1. The Kier molecular flexibility index (Phi) is 4.49. The summed E-state index contributed by atoms with van der Waals surface area (Å²) < 4.78 is 5.54. The predicted octanol–water partition coefficient (Wildman–Crippen LogP) is 3.25. The van der Waals surface area contributed by atoms with Gasteiger partial charge in [-0.05, 0) is 42.8 Å². The third-order valence-electron chi connectivity index (χ3n) is 3.04. The maximum Gasteiger partial charge on any atom is 0.269 e. The highest BCUT2D eigenvalue weighted by Gasteiger charge is 2.09. The lowest BCUT2D eigenvalue weighted by Crippen LogP contribution is -2.00. The van der Waals surface area contributed by atoms with Crippen molar-refractivity contribution in [2.24, 2.45) is 0 Å². The SMILES string of the molecule is CC(=O)c1ccc(OCc2ccc([N+](=O)[O-])cc2)cc1C#N. The van der Waals surface area contributed by atoms with Gasteiger partial charge in [0, 0.05) is 17.7 Å². The Morgan fingerprint density at radius 3 is 2.50 bits per heavy atom. The van der Waals surface area contributed by atoms with Crippen LogP contribution in [-0.4, -0.2) is 10.7 Å². The van der Waals surface area contributed by atoms with E-state index in [0.29, 0.717) is 11.3 Å². The van der Waals surface area contributed by atoms with Gasteiger partial charge in [-0.2, -0.15) is 5.26 Å². The second kappa shape index (κ2) is 6.50. The van der Waals surface area contributed by atoms with E-state index in [4.69, 9.17) is 10.00 Å². The van der Waals surface area contributed by atoms with Crippen LogP contribution >= 0.6 is 0 Å². The van der Waals surface area contributed by atoms with Crippen LogP contribution in [0.15, 0.2) is 42.5 Å². The number of nitriles is 1. The fraction of sp³-hybridized carbons (Fsp3) is 0.125. The molecule has 0 aliphatic heterocycles. The fourth-order valence-electron chi connectivity index (χ4n) is 1.89. The standard InChI is InChI=1S/C16H12N2O4/c1-11(19)16-7-6-15(8-13(16)9-17)22-10-12-2-4-14(5-3-12)18(20)21/h2-8H,10H2,1H3. The van der Waals surface area contributed by atoms with Crippen LogP contribution in [0.1, 0.15) is 28.4 Å². The zero-order valence-electron chi connectivity index (χ0n) is 11.8. The molecular formula is C16H12N2O4. The number of non-ortho nitro benzene ring substituents is 1. The Bertz CT molecular complexity index is 761. The van der Waals surface area contributed by atoms with Crippen molar-refractivity contribution >= 4 is 11.5 Å². The van der Waals surface area contributed by atoms with Crippen LogP contribution in [-0.2, 0) is 6.61 Å². The Hall–Kier alpha value is -3.20. The van der Waals surface area contributed by atoms with Gasteiger partial charge < -0.3 is 4.74 Å². The number of ketones is 1. The van der Waals surface area contributed by atoms with Gasteiger partial charge in [-0.15, -0.1) is 0 Å². The summed E-state index contributed by atoms with van der Waals surface area (Å²) in [5.74, 6) is 0.276. The van der Waals surface area contributed by atoms with Crippen LogP contribution in [0.3, 0.4) is 0 Å². The molecule has 0 saturated carbocycles. The van der Waals surface area contributed by atoms with Crippen molar-refractivity contribution in [1.82, 2.24) is 0 Å². The summed E-state index contributed by atoms with van der Waals surface area (Å²) in [6.07, 6.45) is 0. The summed E-state index contributed by atoms with van der Waals surface area (Å²) in [5, 5.41) is 19.6. The van der Waals surface area contributed by atoms with Crippen molar-refractivity contribution in [2.75, 3.05) is 0 Å². The number of ether oxygens (including phenoxy) is 1. The molecule has 0 aliphatic carbocycles. The van der Waals surface area contributed by atoms with Gasteiger partial charge in [-0.3, -0.25) is 14.9 Å². The van der Waals surface area contributed by atoms with E-state index in [1.54, 1.807) is 24.3 Å². The summed E-state index contributed by atoms with van der Waals surface area (Å²) >= 11 is 0. The maximum atomic E-state index is 11.4. The van der Waals surface area contributed by atoms with Crippen molar-refractivity contribution in [3.05, 3.63) is 69.3 Å². The van der Waals surface area contributed by atoms with Crippen LogP contribution in [0, 0.1) is 21.4 Å². The second-order valence-electron chi connectivity index (χ2n) is 4.59. The van der Waals surface area contributed by atoms with Crippen molar-refractivity contribution < 1.29 is 14.5 Å². The van der Waals surface area contributed by atoms with E-state index >= 15 is 0 Å². The van der Waals surface area contributed by atoms with Crippen molar-refractivity contribution in [3.8, 4) is 11.8 Å². The van der Waals surface area contributed by atoms with Gasteiger partial charge in [-0.25, -0.2) is 0 Å². The maximum absolute atomic E-state index is 11.4. The van der Waals surface area contributed by atoms with Gasteiger partial charge in [0.25, 0.3) is 5.69 Å². The molecule has 2 aromatic carbocycles. The molecule has 0 unspecified atom stereocenters. The molecule has 0 saturated heterocycles. The Morgan fingerprint density at radius 1 is 1.27 bits per heavy atom. The summed E-state index contributed by atoms with van der Waals surface area (Å²) in [7, 11) is 0. The van der Waals surface area contributed by atoms with Gasteiger partial charge in [-0.1, -0.05) is 0 Å². The number of hydrogen-bond donors (Lipinski definition) is 0. The first kappa shape index (κ1) is 15.2. The topological polar surface area (TPSA) is 93.2 Å². The average molecular weight is 296 g/mol. The van der Waals surface area contributed by atoms with Gasteiger partial charge in [0.05, 0.1) is 10.5 Å². The molecule has 0 atom stereocenters. The minimum Gasteiger partial charge on any atom is -0.489 e. The summed E-state index contributed by atoms with van der Waals surface area (Å²) in [6, 6.07) is 12.6. The average Bonchev–Trinajstić information content (AvgIpc) is 2.52. The predicted molar refractivity (Wildman–Crippen MR) is 78.6 cm³/mol. The van der Waals surface area contributed by atoms with E-state index in [9.17, 15) is 14.9 Å². The number of nitro groups is 1. The molecule has 0 spiro atoms. The van der Waals surface area contributed by atoms with E-state index in [1.807, 2.05) is 6.07 Å². The van der Waals surface area contributed by atoms with Crippen LogP contribution in [0.2, 0.25) is 0 Å². The molecule has 0 aromatic heterocycles. The zero-order valence-corrected chi connectivity index (χ0v) is 11.8. The first-order chi connectivity index (χ1) is 10.5. The van der Waals surface area contributed by atoms with Gasteiger partial charge in [0.1, 0.15) is 18.4 Å². The van der Waals surface area contributed by atoms with E-state index in [1.165, 1.54) is 25.1 Å². The molecule has 0 aliphatic rings. The van der Waals surface area contributed by atoms with Gasteiger partial charge in [0.15, 0.2) is 5.78 Å². The number of benzene rings is 2. The Labute approximate surface area is 126 Å². The van der Waals surface area contributed by atoms with Crippen molar-refractivity contribution in [2.45, 2.75) is 13.5 Å². The minimum absolute atomic E-state index is 0.0151. The third kappa shape index (κ3) is 3.46. The minimum atomic E-state index is -0.468. The van der Waals surface area contributed by atoms with Gasteiger partial charge >= 0.3 is 0 Å². The third-order valence-corrected chi connectivity index (χ3v) is 3.04. The number of hydrogen-bond acceptors (Lipinski definition) is 5. The molecule has 2 aromatic rings. The summed E-state index contributed by atoms with van der Waals surface area (Å²) in [5.41, 5.74) is 1.39. The monoisotopic (exact) mass is 296 g/mol. The highest BCUT2D eigenvalue weighted by atomic mass is 16.6. The molecule has 0 fully saturated rings. The lowest BCUT2D eigenvalue weighted by Gasteiger charge is -2.08. The number of carbonyl (C=O) groups excluding carboxylic acids is 1. The number of nitro benzene ring substituents is 1. The highest BCUT2D eigenvalue weighted by molar-refractivity contribution is 5.96. The second-order valence-corrected chi connectivity index (χ2v) is 4.59. The molecule has 2 rings (SSSR count). The lowest BCUT2D eigenvalue weighted by molar-refractivity contribution is -0.384. The van der Waals surface area contributed by atoms with Crippen LogP contribution in [0.5, 0.6) is 5.75 Å². The van der Waals surface area contributed by atoms with E-state index in [2.05, 4.69) is 0 Å². The van der Waals surface area contributed by atoms with Crippen LogP contribution in [0.4, 0.5) is 5.69 Å². The zero-order chi connectivity index (χ0) is 16.1. The molecule has 0 amide bonds. The number of rotatable bonds is 5. The molecule has 6 nitrogen and oxygen atoms in total. The summed E-state index contributed by atoms with van der Waals surface area (Å²) in [4.78, 5) is 21.5. The smallest absolute Gasteiger partial charge is 0.269 e. The Morgan fingerprint density at radius 2 is 1.95 bits per heavy atom. The molecule has 0 N–H and O–H groups in total. The quantitative estimate of drug-likeness (QED) is 0.479. The first-order valence-electron chi connectivity index (χ1n) is 6.42. The molecule has 0 radical (unpaired) electrons. The largest absolute Gasteiger partial charge is 0.489 e. The lowest BCUT2D eigenvalue weighted by atomic mass is 10.1. The first-order valence-corrected chi connectivity index (χ1v) is 6.42. The molecule has 6 heteroatoms. The van der Waals surface area contributed by atoms with E-state index in [-0.39, 0.29) is 23.6 Å². The normalized spacial score (nSPS) is 9.82. The molecule has 22 heavy (non-hydrogen) atoms. The summed E-state index contributed by atoms with van der Waals surface area (Å²) in [6.45, 7) is 1.61. The number of nitrogens with zero attached hydrogens (tertiary/aromatic N) is 2. The van der Waals surface area contributed by atoms with Crippen molar-refractivity contribution in [1.29, 1.82) is 5.26 Å². The van der Waals surface area contributed by atoms with Crippen LogP contribution < -0.4 is 4.74 Å². The van der Waals surface area contributed by atoms with Gasteiger partial charge in [0.2, 0.25) is 0 Å².